The number of aryl methyl sites for hydroxylation is 1. The zero-order valence-electron chi connectivity index (χ0n) is 10.2. The van der Waals surface area contributed by atoms with E-state index in [1.165, 1.54) is 12.7 Å². The normalized spacial score (nSPS) is 10.4. The minimum Gasteiger partial charge on any atom is -0.464 e. The van der Waals surface area contributed by atoms with Crippen LogP contribution in [0.25, 0.3) is 0 Å². The van der Waals surface area contributed by atoms with Crippen LogP contribution in [0.15, 0.2) is 30.5 Å². The Morgan fingerprint density at radius 1 is 1.39 bits per heavy atom. The number of esters is 1. The second-order valence-electron chi connectivity index (χ2n) is 4.00. The van der Waals surface area contributed by atoms with Gasteiger partial charge in [-0.3, -0.25) is 4.68 Å². The molecule has 1 heterocycles. The second-order valence-corrected chi connectivity index (χ2v) is 5.16. The topological polar surface area (TPSA) is 44.1 Å². The van der Waals surface area contributed by atoms with Gasteiger partial charge in [0.05, 0.1) is 17.2 Å². The van der Waals surface area contributed by atoms with Crippen LogP contribution in [0.5, 0.6) is 0 Å². The second kappa shape index (κ2) is 5.51. The molecule has 0 amide bonds. The highest BCUT2D eigenvalue weighted by molar-refractivity contribution is 14.1. The number of hydrogen-bond donors (Lipinski definition) is 0. The molecule has 0 saturated heterocycles. The van der Waals surface area contributed by atoms with Crippen LogP contribution in [0, 0.1) is 10.5 Å². The molecular weight excluding hydrogens is 343 g/mol. The molecule has 0 bridgehead atoms. The molecule has 5 heteroatoms. The molecule has 0 spiro atoms. The lowest BCUT2D eigenvalue weighted by molar-refractivity contribution is 0.0592. The van der Waals surface area contributed by atoms with E-state index in [1.807, 2.05) is 6.20 Å². The Labute approximate surface area is 119 Å². The monoisotopic (exact) mass is 356 g/mol. The lowest BCUT2D eigenvalue weighted by atomic mass is 10.1. The molecule has 2 rings (SSSR count). The molecule has 0 N–H and O–H groups in total. The van der Waals surface area contributed by atoms with Gasteiger partial charge in [0.15, 0.2) is 5.69 Å². The largest absolute Gasteiger partial charge is 0.464 e. The Morgan fingerprint density at radius 2 is 2.06 bits per heavy atom. The zero-order valence-corrected chi connectivity index (χ0v) is 12.3. The predicted molar refractivity (Wildman–Crippen MR) is 76.6 cm³/mol. The van der Waals surface area contributed by atoms with E-state index in [-0.39, 0.29) is 0 Å². The Bertz CT molecular complexity index is 561. The van der Waals surface area contributed by atoms with Gasteiger partial charge in [-0.25, -0.2) is 4.79 Å². The average Bonchev–Trinajstić information content (AvgIpc) is 2.72. The van der Waals surface area contributed by atoms with E-state index in [2.05, 4.69) is 63.6 Å². The molecule has 0 aliphatic rings. The first-order valence-corrected chi connectivity index (χ1v) is 6.55. The van der Waals surface area contributed by atoms with Crippen molar-refractivity contribution >= 4 is 28.6 Å². The van der Waals surface area contributed by atoms with E-state index < -0.39 is 5.97 Å². The van der Waals surface area contributed by atoms with Gasteiger partial charge in [-0.1, -0.05) is 29.8 Å². The van der Waals surface area contributed by atoms with E-state index in [0.717, 1.165) is 9.13 Å². The summed E-state index contributed by atoms with van der Waals surface area (Å²) in [6.45, 7) is 2.70. The van der Waals surface area contributed by atoms with E-state index in [9.17, 15) is 4.79 Å². The molecule has 4 nitrogen and oxygen atoms in total. The maximum atomic E-state index is 11.4. The number of aromatic nitrogens is 2. The van der Waals surface area contributed by atoms with Crippen LogP contribution in [0.2, 0.25) is 0 Å². The van der Waals surface area contributed by atoms with Gasteiger partial charge < -0.3 is 4.74 Å². The Morgan fingerprint density at radius 3 is 2.67 bits per heavy atom. The summed E-state index contributed by atoms with van der Waals surface area (Å²) >= 11 is 2.08. The minimum atomic E-state index is -0.401. The molecule has 0 fully saturated rings. The van der Waals surface area contributed by atoms with E-state index in [0.29, 0.717) is 12.2 Å². The van der Waals surface area contributed by atoms with Gasteiger partial charge in [0.25, 0.3) is 0 Å². The van der Waals surface area contributed by atoms with Crippen molar-refractivity contribution in [3.8, 4) is 0 Å². The fourth-order valence-corrected chi connectivity index (χ4v) is 2.24. The number of hydrogen-bond acceptors (Lipinski definition) is 3. The van der Waals surface area contributed by atoms with Gasteiger partial charge in [-0.15, -0.1) is 0 Å². The highest BCUT2D eigenvalue weighted by Gasteiger charge is 2.15. The Kier molecular flexibility index (Phi) is 4.00. The number of ether oxygens (including phenoxy) is 1. The van der Waals surface area contributed by atoms with Crippen molar-refractivity contribution in [3.63, 3.8) is 0 Å². The molecule has 0 aliphatic heterocycles. The van der Waals surface area contributed by atoms with Crippen LogP contribution >= 0.6 is 22.6 Å². The van der Waals surface area contributed by atoms with Crippen molar-refractivity contribution in [2.24, 2.45) is 0 Å². The molecule has 0 unspecified atom stereocenters. The third-order valence-corrected chi connectivity index (χ3v) is 3.35. The van der Waals surface area contributed by atoms with Gasteiger partial charge in [-0.05, 0) is 35.1 Å². The molecule has 1 aromatic heterocycles. The van der Waals surface area contributed by atoms with Gasteiger partial charge in [0.2, 0.25) is 0 Å². The first-order valence-electron chi connectivity index (χ1n) is 5.47. The first kappa shape index (κ1) is 13.1. The molecule has 0 saturated carbocycles. The molecular formula is C13H13IN2O2. The van der Waals surface area contributed by atoms with Gasteiger partial charge in [0, 0.05) is 6.20 Å². The quantitative estimate of drug-likeness (QED) is 0.627. The number of carbonyl (C=O) groups excluding carboxylic acids is 1. The summed E-state index contributed by atoms with van der Waals surface area (Å²) in [5.41, 5.74) is 2.74. The van der Waals surface area contributed by atoms with Crippen molar-refractivity contribution in [1.29, 1.82) is 0 Å². The fourth-order valence-electron chi connectivity index (χ4n) is 1.59. The lowest BCUT2D eigenvalue weighted by Crippen LogP contribution is -2.06. The highest BCUT2D eigenvalue weighted by atomic mass is 127. The maximum Gasteiger partial charge on any atom is 0.359 e. The maximum absolute atomic E-state index is 11.4. The first-order chi connectivity index (χ1) is 8.60. The highest BCUT2D eigenvalue weighted by Crippen LogP contribution is 2.13. The number of benzene rings is 1. The van der Waals surface area contributed by atoms with E-state index in [1.54, 1.807) is 4.68 Å². The van der Waals surface area contributed by atoms with Crippen molar-refractivity contribution in [3.05, 3.63) is 50.9 Å². The van der Waals surface area contributed by atoms with Crippen LogP contribution in [-0.2, 0) is 11.3 Å². The smallest absolute Gasteiger partial charge is 0.359 e. The van der Waals surface area contributed by atoms with E-state index in [4.69, 9.17) is 0 Å². The lowest BCUT2D eigenvalue weighted by Gasteiger charge is -2.02. The molecule has 2 aromatic rings. The molecule has 0 aliphatic carbocycles. The van der Waals surface area contributed by atoms with Crippen molar-refractivity contribution < 1.29 is 9.53 Å². The van der Waals surface area contributed by atoms with Gasteiger partial charge >= 0.3 is 5.97 Å². The third kappa shape index (κ3) is 2.90. The fraction of sp³-hybridized carbons (Fsp3) is 0.231. The van der Waals surface area contributed by atoms with Crippen LogP contribution in [0.3, 0.4) is 0 Å². The number of rotatable bonds is 3. The summed E-state index contributed by atoms with van der Waals surface area (Å²) in [6.07, 6.45) is 1.84. The van der Waals surface area contributed by atoms with Gasteiger partial charge in [0.1, 0.15) is 0 Å². The minimum absolute atomic E-state index is 0.366. The van der Waals surface area contributed by atoms with Crippen LogP contribution < -0.4 is 0 Å². The van der Waals surface area contributed by atoms with Crippen LogP contribution in [-0.4, -0.2) is 22.9 Å². The van der Waals surface area contributed by atoms with Crippen molar-refractivity contribution in [2.75, 3.05) is 7.11 Å². The van der Waals surface area contributed by atoms with Crippen molar-refractivity contribution in [1.82, 2.24) is 9.78 Å². The summed E-state index contributed by atoms with van der Waals surface area (Å²) in [6, 6.07) is 8.24. The number of methoxy groups -OCH3 is 1. The SMILES string of the molecule is COC(=O)c1nn(Cc2ccc(C)cc2)cc1I. The van der Waals surface area contributed by atoms with E-state index >= 15 is 0 Å². The molecule has 0 radical (unpaired) electrons. The van der Waals surface area contributed by atoms with Gasteiger partial charge in [-0.2, -0.15) is 5.10 Å². The summed E-state index contributed by atoms with van der Waals surface area (Å²) in [5, 5.41) is 4.23. The Hall–Kier alpha value is -1.37. The summed E-state index contributed by atoms with van der Waals surface area (Å²) in [7, 11) is 1.36. The molecule has 94 valence electrons. The zero-order chi connectivity index (χ0) is 13.1. The number of halogens is 1. The number of carbonyl (C=O) groups is 1. The van der Waals surface area contributed by atoms with Crippen molar-refractivity contribution in [2.45, 2.75) is 13.5 Å². The predicted octanol–water partition coefficient (Wildman–Crippen LogP) is 2.63. The summed E-state index contributed by atoms with van der Waals surface area (Å²) in [4.78, 5) is 11.4. The average molecular weight is 356 g/mol. The molecule has 0 atom stereocenters. The van der Waals surface area contributed by atoms with Crippen LogP contribution in [0.1, 0.15) is 21.6 Å². The summed E-state index contributed by atoms with van der Waals surface area (Å²) < 4.78 is 7.22. The molecule has 1 aromatic carbocycles. The Balaban J connectivity index is 2.20. The summed E-state index contributed by atoms with van der Waals surface area (Å²) in [5.74, 6) is -0.401. The van der Waals surface area contributed by atoms with Crippen LogP contribution in [0.4, 0.5) is 0 Å². The molecule has 18 heavy (non-hydrogen) atoms. The third-order valence-electron chi connectivity index (χ3n) is 2.56. The number of nitrogens with zero attached hydrogens (tertiary/aromatic N) is 2. The standard InChI is InChI=1S/C13H13IN2O2/c1-9-3-5-10(6-4-9)7-16-8-11(14)12(15-16)13(17)18-2/h3-6,8H,7H2,1-2H3.